The van der Waals surface area contributed by atoms with Gasteiger partial charge in [-0.05, 0) is 95.2 Å². The molecule has 0 spiro atoms. The third-order valence-electron chi connectivity index (χ3n) is 9.63. The fraction of sp³-hybridized carbons (Fsp3) is 0.395. The highest BCUT2D eigenvalue weighted by atomic mass is 16.6. The first-order valence-corrected chi connectivity index (χ1v) is 17.8. The van der Waals surface area contributed by atoms with Gasteiger partial charge in [-0.15, -0.1) is 0 Å². The van der Waals surface area contributed by atoms with E-state index in [2.05, 4.69) is 72.8 Å². The lowest BCUT2D eigenvalue weighted by atomic mass is 9.68. The largest absolute Gasteiger partial charge is 0.491 e. The highest BCUT2D eigenvalue weighted by molar-refractivity contribution is 5.86. The molecular formula is C43H50O8. The summed E-state index contributed by atoms with van der Waals surface area (Å²) in [5, 5.41) is 0. The van der Waals surface area contributed by atoms with Crippen molar-refractivity contribution >= 4 is 11.9 Å². The van der Waals surface area contributed by atoms with E-state index in [4.69, 9.17) is 28.4 Å². The molecule has 0 unspecified atom stereocenters. The van der Waals surface area contributed by atoms with Crippen molar-refractivity contribution in [2.24, 2.45) is 11.8 Å². The molecule has 0 radical (unpaired) electrons. The van der Waals surface area contributed by atoms with Crippen molar-refractivity contribution in [2.45, 2.75) is 44.9 Å². The maximum Gasteiger partial charge on any atom is 0.302 e. The van der Waals surface area contributed by atoms with Gasteiger partial charge in [0.1, 0.15) is 31.3 Å². The molecule has 0 heterocycles. The Hall–Kier alpha value is -4.66. The normalized spacial score (nSPS) is 16.9. The van der Waals surface area contributed by atoms with Crippen molar-refractivity contribution in [1.82, 2.24) is 0 Å². The van der Waals surface area contributed by atoms with Crippen LogP contribution >= 0.6 is 0 Å². The van der Waals surface area contributed by atoms with Gasteiger partial charge in [-0.2, -0.15) is 0 Å². The molecule has 1 fully saturated rings. The monoisotopic (exact) mass is 694 g/mol. The average molecular weight is 695 g/mol. The molecule has 8 nitrogen and oxygen atoms in total. The first-order chi connectivity index (χ1) is 24.9. The van der Waals surface area contributed by atoms with Gasteiger partial charge in [0.2, 0.25) is 0 Å². The van der Waals surface area contributed by atoms with Gasteiger partial charge in [0.25, 0.3) is 0 Å². The smallest absolute Gasteiger partial charge is 0.302 e. The Balaban J connectivity index is 0.000000303. The van der Waals surface area contributed by atoms with E-state index in [0.717, 1.165) is 29.2 Å². The summed E-state index contributed by atoms with van der Waals surface area (Å²) in [4.78, 5) is 21.6. The fourth-order valence-electron chi connectivity index (χ4n) is 7.25. The number of esters is 2. The molecule has 0 N–H and O–H groups in total. The third-order valence-corrected chi connectivity index (χ3v) is 9.63. The molecule has 4 aromatic carbocycles. The lowest BCUT2D eigenvalue weighted by molar-refractivity contribution is -0.143. The minimum atomic E-state index is -0.492. The van der Waals surface area contributed by atoms with E-state index < -0.39 is 5.41 Å². The van der Waals surface area contributed by atoms with Crippen molar-refractivity contribution in [1.29, 1.82) is 0 Å². The molecule has 0 aromatic heterocycles. The molecule has 8 heteroatoms. The quantitative estimate of drug-likeness (QED) is 0.0853. The van der Waals surface area contributed by atoms with Gasteiger partial charge < -0.3 is 28.4 Å². The summed E-state index contributed by atoms with van der Waals surface area (Å²) in [6.07, 6.45) is 4.75. The van der Waals surface area contributed by atoms with Gasteiger partial charge in [0.05, 0.1) is 18.6 Å². The predicted octanol–water partition coefficient (Wildman–Crippen LogP) is 8.02. The van der Waals surface area contributed by atoms with Gasteiger partial charge in [0.15, 0.2) is 0 Å². The molecule has 6 rings (SSSR count). The molecule has 2 aliphatic carbocycles. The van der Waals surface area contributed by atoms with Crippen molar-refractivity contribution in [3.63, 3.8) is 0 Å². The minimum absolute atomic E-state index is 0.163. The van der Waals surface area contributed by atoms with Crippen LogP contribution in [0, 0.1) is 11.8 Å². The third kappa shape index (κ3) is 9.37. The van der Waals surface area contributed by atoms with Crippen LogP contribution in [0.5, 0.6) is 11.5 Å². The summed E-state index contributed by atoms with van der Waals surface area (Å²) >= 11 is 0. The maximum atomic E-state index is 11.0. The summed E-state index contributed by atoms with van der Waals surface area (Å²) < 4.78 is 31.9. The summed E-state index contributed by atoms with van der Waals surface area (Å²) in [5.41, 5.74) is 6.77. The van der Waals surface area contributed by atoms with E-state index in [-0.39, 0.29) is 18.5 Å². The zero-order chi connectivity index (χ0) is 36.1. The molecule has 0 saturated heterocycles. The second-order valence-electron chi connectivity index (χ2n) is 13.1. The van der Waals surface area contributed by atoms with Crippen molar-refractivity contribution in [3.05, 3.63) is 119 Å². The second-order valence-corrected chi connectivity index (χ2v) is 13.1. The topological polar surface area (TPSA) is 89.5 Å². The number of carbonyl (C=O) groups is 2. The molecule has 2 aliphatic rings. The van der Waals surface area contributed by atoms with E-state index in [1.807, 2.05) is 24.3 Å². The highest BCUT2D eigenvalue weighted by Gasteiger charge is 2.45. The zero-order valence-corrected chi connectivity index (χ0v) is 30.2. The van der Waals surface area contributed by atoms with Crippen molar-refractivity contribution in [3.8, 4) is 22.6 Å². The number of ether oxygens (including phenoxy) is 6. The van der Waals surface area contributed by atoms with Crippen molar-refractivity contribution < 1.29 is 38.0 Å². The van der Waals surface area contributed by atoms with Crippen LogP contribution in [-0.2, 0) is 34.0 Å². The maximum absolute atomic E-state index is 11.0. The Bertz CT molecular complexity index is 1640. The zero-order valence-electron chi connectivity index (χ0n) is 30.2. The Kier molecular flexibility index (Phi) is 13.7. The SMILES string of the molecule is COCC1CCC(COC(C)=O)CC1.COCCOc1ccc(C2(c3ccc(OCCOC(C)=O)cc3)c3ccccc3-c3ccccc32)cc1. The van der Waals surface area contributed by atoms with Crippen LogP contribution in [0.2, 0.25) is 0 Å². The first-order valence-electron chi connectivity index (χ1n) is 17.8. The van der Waals surface area contributed by atoms with Crippen molar-refractivity contribution in [2.75, 3.05) is 53.9 Å². The number of hydrogen-bond donors (Lipinski definition) is 0. The van der Waals surface area contributed by atoms with Gasteiger partial charge in [0, 0.05) is 34.7 Å². The Morgan fingerprint density at radius 1 is 0.549 bits per heavy atom. The second kappa shape index (κ2) is 18.5. The van der Waals surface area contributed by atoms with Crippen LogP contribution in [0.1, 0.15) is 61.8 Å². The van der Waals surface area contributed by atoms with Crippen LogP contribution in [0.4, 0.5) is 0 Å². The van der Waals surface area contributed by atoms with Gasteiger partial charge in [-0.1, -0.05) is 72.8 Å². The van der Waals surface area contributed by atoms with Gasteiger partial charge in [-0.3, -0.25) is 9.59 Å². The Morgan fingerprint density at radius 2 is 1.00 bits per heavy atom. The molecule has 51 heavy (non-hydrogen) atoms. The van der Waals surface area contributed by atoms with Crippen LogP contribution in [0.15, 0.2) is 97.1 Å². The van der Waals surface area contributed by atoms with Crippen LogP contribution in [0.25, 0.3) is 11.1 Å². The van der Waals surface area contributed by atoms with E-state index in [1.54, 1.807) is 14.2 Å². The number of carbonyl (C=O) groups excluding carboxylic acids is 2. The number of hydrogen-bond acceptors (Lipinski definition) is 8. The van der Waals surface area contributed by atoms with Gasteiger partial charge in [-0.25, -0.2) is 0 Å². The van der Waals surface area contributed by atoms with E-state index in [1.165, 1.54) is 61.8 Å². The molecular weight excluding hydrogens is 644 g/mol. The Labute approximate surface area is 302 Å². The number of methoxy groups -OCH3 is 2. The number of benzene rings is 4. The summed E-state index contributed by atoms with van der Waals surface area (Å²) in [7, 11) is 3.42. The number of fused-ring (bicyclic) bond motifs is 3. The summed E-state index contributed by atoms with van der Waals surface area (Å²) in [6, 6.07) is 33.8. The first kappa shape index (κ1) is 37.6. The Morgan fingerprint density at radius 3 is 1.45 bits per heavy atom. The fourth-order valence-corrected chi connectivity index (χ4v) is 7.25. The van der Waals surface area contributed by atoms with Crippen LogP contribution in [-0.4, -0.2) is 65.8 Å². The van der Waals surface area contributed by atoms with Crippen LogP contribution < -0.4 is 9.47 Å². The van der Waals surface area contributed by atoms with Gasteiger partial charge >= 0.3 is 11.9 Å². The molecule has 4 aromatic rings. The standard InChI is InChI=1S/C32H30O5.C11H20O3/c1-23(33)35-21-22-37-27-17-13-25(14-18-27)32(24-11-15-26(16-12-24)36-20-19-34-2)30-9-5-3-7-28(30)29-8-4-6-10-31(29)32;1-9(12)14-8-11-5-3-10(4-6-11)7-13-2/h3-18H,19-22H2,1-2H3;10-11H,3-8H2,1-2H3. The summed E-state index contributed by atoms with van der Waals surface area (Å²) in [6.45, 7) is 5.92. The molecule has 0 atom stereocenters. The molecule has 0 aliphatic heterocycles. The van der Waals surface area contributed by atoms with E-state index in [0.29, 0.717) is 38.3 Å². The average Bonchev–Trinajstić information content (AvgIpc) is 3.45. The lowest BCUT2D eigenvalue weighted by Crippen LogP contribution is -2.28. The number of rotatable bonds is 14. The van der Waals surface area contributed by atoms with Crippen LogP contribution in [0.3, 0.4) is 0 Å². The summed E-state index contributed by atoms with van der Waals surface area (Å²) in [5.74, 6) is 2.36. The highest BCUT2D eigenvalue weighted by Crippen LogP contribution is 2.56. The molecule has 270 valence electrons. The molecule has 1 saturated carbocycles. The molecule has 0 amide bonds. The predicted molar refractivity (Wildman–Crippen MR) is 197 cm³/mol. The minimum Gasteiger partial charge on any atom is -0.491 e. The van der Waals surface area contributed by atoms with E-state index >= 15 is 0 Å². The lowest BCUT2D eigenvalue weighted by Gasteiger charge is -2.34. The van der Waals surface area contributed by atoms with E-state index in [9.17, 15) is 9.59 Å². The molecule has 0 bridgehead atoms.